The molecule has 0 fully saturated rings. The van der Waals surface area contributed by atoms with E-state index in [9.17, 15) is 0 Å². The molecule has 2 nitrogen and oxygen atoms in total. The van der Waals surface area contributed by atoms with Crippen LogP contribution in [0.4, 0.5) is 5.82 Å². The third kappa shape index (κ3) is 4.21. The molecule has 1 heterocycles. The van der Waals surface area contributed by atoms with Gasteiger partial charge in [-0.05, 0) is 23.3 Å². The van der Waals surface area contributed by atoms with Crippen molar-refractivity contribution in [3.8, 4) is 0 Å². The first kappa shape index (κ1) is 15.8. The molecule has 0 atom stereocenters. The normalized spacial score (nSPS) is 11.5. The number of anilines is 1. The average molecular weight is 303 g/mol. The highest BCUT2D eigenvalue weighted by molar-refractivity contribution is 6.17. The van der Waals surface area contributed by atoms with Crippen LogP contribution in [0.5, 0.6) is 0 Å². The van der Waals surface area contributed by atoms with Crippen molar-refractivity contribution in [2.75, 3.05) is 11.9 Å². The number of hydrogen-bond acceptors (Lipinski definition) is 2. The number of halogens is 1. The number of rotatable bonds is 4. The van der Waals surface area contributed by atoms with Crippen LogP contribution < -0.4 is 4.90 Å². The van der Waals surface area contributed by atoms with E-state index in [2.05, 4.69) is 69.1 Å². The maximum absolute atomic E-state index is 6.04. The van der Waals surface area contributed by atoms with Crippen LogP contribution in [0.3, 0.4) is 0 Å². The highest BCUT2D eigenvalue weighted by Gasteiger charge is 2.18. The van der Waals surface area contributed by atoms with Gasteiger partial charge < -0.3 is 4.90 Å². The lowest BCUT2D eigenvalue weighted by atomic mass is 9.91. The summed E-state index contributed by atoms with van der Waals surface area (Å²) in [4.78, 5) is 6.98. The highest BCUT2D eigenvalue weighted by Crippen LogP contribution is 2.25. The van der Waals surface area contributed by atoms with Crippen molar-refractivity contribution in [1.82, 2.24) is 4.98 Å². The molecule has 0 spiro atoms. The van der Waals surface area contributed by atoms with Gasteiger partial charge in [-0.15, -0.1) is 11.6 Å². The molecule has 0 amide bonds. The predicted molar refractivity (Wildman–Crippen MR) is 91.0 cm³/mol. The molecule has 112 valence electrons. The van der Waals surface area contributed by atoms with Crippen molar-refractivity contribution < 1.29 is 0 Å². The lowest BCUT2D eigenvalue weighted by Gasteiger charge is -2.24. The summed E-state index contributed by atoms with van der Waals surface area (Å²) in [5.74, 6) is 1.49. The molecular formula is C18H23ClN2. The molecule has 0 aliphatic carbocycles. The summed E-state index contributed by atoms with van der Waals surface area (Å²) < 4.78 is 0. The molecule has 1 aromatic heterocycles. The molecule has 0 saturated heterocycles. The second-order valence-electron chi connectivity index (χ2n) is 6.44. The molecule has 0 aliphatic heterocycles. The van der Waals surface area contributed by atoms with Gasteiger partial charge in [0.05, 0.1) is 0 Å². The molecule has 0 bridgehead atoms. The minimum Gasteiger partial charge on any atom is -0.355 e. The quantitative estimate of drug-likeness (QED) is 0.757. The van der Waals surface area contributed by atoms with Crippen molar-refractivity contribution in [3.63, 3.8) is 0 Å². The zero-order chi connectivity index (χ0) is 15.5. The third-order valence-corrected chi connectivity index (χ3v) is 3.76. The monoisotopic (exact) mass is 302 g/mol. The molecule has 0 aliphatic rings. The van der Waals surface area contributed by atoms with Gasteiger partial charge in [-0.2, -0.15) is 0 Å². The summed E-state index contributed by atoms with van der Waals surface area (Å²) in [6.07, 6.45) is 0. The smallest absolute Gasteiger partial charge is 0.129 e. The second-order valence-corrected chi connectivity index (χ2v) is 6.71. The van der Waals surface area contributed by atoms with Crippen LogP contribution in [-0.4, -0.2) is 12.0 Å². The van der Waals surface area contributed by atoms with E-state index in [1.165, 1.54) is 5.56 Å². The molecular weight excluding hydrogens is 280 g/mol. The summed E-state index contributed by atoms with van der Waals surface area (Å²) in [6.45, 7) is 7.36. The Balaban J connectivity index is 2.30. The Morgan fingerprint density at radius 2 is 1.71 bits per heavy atom. The Labute approximate surface area is 132 Å². The predicted octanol–water partition coefficient (Wildman–Crippen LogP) is 4.75. The van der Waals surface area contributed by atoms with Crippen LogP contribution in [-0.2, 0) is 17.8 Å². The van der Waals surface area contributed by atoms with Gasteiger partial charge >= 0.3 is 0 Å². The van der Waals surface area contributed by atoms with E-state index >= 15 is 0 Å². The van der Waals surface area contributed by atoms with Crippen molar-refractivity contribution in [2.45, 2.75) is 38.6 Å². The number of benzene rings is 1. The minimum absolute atomic E-state index is 0.0183. The summed E-state index contributed by atoms with van der Waals surface area (Å²) in [5, 5.41) is 0. The second kappa shape index (κ2) is 6.48. The Morgan fingerprint density at radius 3 is 2.29 bits per heavy atom. The summed E-state index contributed by atoms with van der Waals surface area (Å²) in [7, 11) is 2.07. The van der Waals surface area contributed by atoms with Crippen molar-refractivity contribution in [2.24, 2.45) is 0 Å². The number of pyridine rings is 1. The van der Waals surface area contributed by atoms with E-state index in [1.54, 1.807) is 0 Å². The molecule has 0 radical (unpaired) electrons. The fourth-order valence-electron chi connectivity index (χ4n) is 2.17. The number of nitrogens with zero attached hydrogens (tertiary/aromatic N) is 2. The van der Waals surface area contributed by atoms with E-state index in [1.807, 2.05) is 6.07 Å². The first-order valence-electron chi connectivity index (χ1n) is 7.22. The number of aromatic nitrogens is 1. The van der Waals surface area contributed by atoms with Crippen molar-refractivity contribution >= 4 is 17.4 Å². The van der Waals surface area contributed by atoms with Crippen LogP contribution in [0, 0.1) is 0 Å². The van der Waals surface area contributed by atoms with Gasteiger partial charge in [0.1, 0.15) is 5.82 Å². The average Bonchev–Trinajstić information content (AvgIpc) is 2.46. The van der Waals surface area contributed by atoms with Crippen molar-refractivity contribution in [1.29, 1.82) is 0 Å². The highest BCUT2D eigenvalue weighted by atomic mass is 35.5. The Bertz CT molecular complexity index is 588. The van der Waals surface area contributed by atoms with Gasteiger partial charge in [-0.3, -0.25) is 0 Å². The van der Waals surface area contributed by atoms with Crippen LogP contribution in [0.1, 0.15) is 37.6 Å². The maximum Gasteiger partial charge on any atom is 0.129 e. The summed E-state index contributed by atoms with van der Waals surface area (Å²) >= 11 is 6.04. The number of alkyl halides is 1. The van der Waals surface area contributed by atoms with Gasteiger partial charge in [0.25, 0.3) is 0 Å². The summed E-state index contributed by atoms with van der Waals surface area (Å²) in [6, 6.07) is 14.6. The Hall–Kier alpha value is -1.54. The van der Waals surface area contributed by atoms with E-state index in [0.29, 0.717) is 5.88 Å². The Morgan fingerprint density at radius 1 is 1.05 bits per heavy atom. The molecule has 2 aromatic rings. The van der Waals surface area contributed by atoms with Gasteiger partial charge in [0.15, 0.2) is 0 Å². The molecule has 0 unspecified atom stereocenters. The first-order chi connectivity index (χ1) is 9.90. The standard InChI is InChI=1S/C18H23ClN2/c1-18(2,3)16-10-15(12-19)11-17(20-16)21(4)13-14-8-6-5-7-9-14/h5-11H,12-13H2,1-4H3. The van der Waals surface area contributed by atoms with Crippen LogP contribution >= 0.6 is 11.6 Å². The fraction of sp³-hybridized carbons (Fsp3) is 0.389. The van der Waals surface area contributed by atoms with Crippen molar-refractivity contribution in [3.05, 3.63) is 59.3 Å². The number of hydrogen-bond donors (Lipinski definition) is 0. The topological polar surface area (TPSA) is 16.1 Å². The molecule has 0 saturated carbocycles. The maximum atomic E-state index is 6.04. The van der Waals surface area contributed by atoms with Gasteiger partial charge in [-0.25, -0.2) is 4.98 Å². The molecule has 0 N–H and O–H groups in total. The summed E-state index contributed by atoms with van der Waals surface area (Å²) in [5.41, 5.74) is 3.49. The Kier molecular flexibility index (Phi) is 4.89. The van der Waals surface area contributed by atoms with Gasteiger partial charge in [0.2, 0.25) is 0 Å². The third-order valence-electron chi connectivity index (χ3n) is 3.45. The first-order valence-corrected chi connectivity index (χ1v) is 7.76. The van der Waals surface area contributed by atoms with E-state index in [4.69, 9.17) is 16.6 Å². The van der Waals surface area contributed by atoms with Crippen LogP contribution in [0.15, 0.2) is 42.5 Å². The lowest BCUT2D eigenvalue weighted by Crippen LogP contribution is -2.21. The molecule has 3 heteroatoms. The largest absolute Gasteiger partial charge is 0.355 e. The molecule has 2 rings (SSSR count). The van der Waals surface area contributed by atoms with Gasteiger partial charge in [0, 0.05) is 30.6 Å². The zero-order valence-electron chi connectivity index (χ0n) is 13.2. The van der Waals surface area contributed by atoms with E-state index in [-0.39, 0.29) is 5.41 Å². The fourth-order valence-corrected chi connectivity index (χ4v) is 2.32. The molecule has 1 aromatic carbocycles. The van der Waals surface area contributed by atoms with Gasteiger partial charge in [-0.1, -0.05) is 51.1 Å². The van der Waals surface area contributed by atoms with Crippen LogP contribution in [0.2, 0.25) is 0 Å². The minimum atomic E-state index is 0.0183. The SMILES string of the molecule is CN(Cc1ccccc1)c1cc(CCl)cc(C(C)(C)C)n1. The van der Waals surface area contributed by atoms with Crippen LogP contribution in [0.25, 0.3) is 0 Å². The van der Waals surface area contributed by atoms with E-state index < -0.39 is 0 Å². The van der Waals surface area contributed by atoms with E-state index in [0.717, 1.165) is 23.6 Å². The lowest BCUT2D eigenvalue weighted by molar-refractivity contribution is 0.567. The molecule has 21 heavy (non-hydrogen) atoms. The zero-order valence-corrected chi connectivity index (χ0v) is 14.0.